The van der Waals surface area contributed by atoms with E-state index >= 15 is 0 Å². The van der Waals surface area contributed by atoms with Crippen molar-refractivity contribution in [1.82, 2.24) is 4.98 Å². The van der Waals surface area contributed by atoms with Gasteiger partial charge in [0.15, 0.2) is 5.78 Å². The molecule has 26 heavy (non-hydrogen) atoms. The molecule has 0 saturated heterocycles. The van der Waals surface area contributed by atoms with Gasteiger partial charge in [-0.25, -0.2) is 8.78 Å². The molecule has 0 bridgehead atoms. The fraction of sp³-hybridized carbons (Fsp3) is 0.100. The Morgan fingerprint density at radius 1 is 1.19 bits per heavy atom. The Hall–Kier alpha value is -2.43. The van der Waals surface area contributed by atoms with Gasteiger partial charge in [-0.1, -0.05) is 23.8 Å². The molecular formula is C20H16F2IrNO2-. The Balaban J connectivity index is 0.000000366. The maximum atomic E-state index is 13.7. The van der Waals surface area contributed by atoms with Gasteiger partial charge in [0.25, 0.3) is 0 Å². The summed E-state index contributed by atoms with van der Waals surface area (Å²) >= 11 is 0. The third-order valence-electron chi connectivity index (χ3n) is 3.17. The second-order valence-corrected chi connectivity index (χ2v) is 5.32. The maximum Gasteiger partial charge on any atom is 0.155 e. The Bertz CT molecular complexity index is 933. The van der Waals surface area contributed by atoms with Gasteiger partial charge in [0.2, 0.25) is 0 Å². The molecule has 0 spiro atoms. The van der Waals surface area contributed by atoms with Gasteiger partial charge < -0.3 is 5.11 Å². The van der Waals surface area contributed by atoms with E-state index in [1.165, 1.54) is 19.9 Å². The number of carbonyl (C=O) groups excluding carboxylic acids is 1. The van der Waals surface area contributed by atoms with Crippen molar-refractivity contribution < 1.29 is 38.8 Å². The van der Waals surface area contributed by atoms with Crippen LogP contribution in [0.4, 0.5) is 8.78 Å². The van der Waals surface area contributed by atoms with Gasteiger partial charge in [0.05, 0.1) is 17.6 Å². The van der Waals surface area contributed by atoms with Crippen LogP contribution in [-0.2, 0) is 24.9 Å². The van der Waals surface area contributed by atoms with E-state index in [0.717, 1.165) is 23.0 Å². The van der Waals surface area contributed by atoms with Gasteiger partial charge in [0.1, 0.15) is 11.6 Å². The number of ketones is 1. The van der Waals surface area contributed by atoms with Crippen LogP contribution in [0.2, 0.25) is 0 Å². The van der Waals surface area contributed by atoms with E-state index in [9.17, 15) is 13.6 Å². The molecule has 0 fully saturated rings. The molecule has 0 aliphatic carbocycles. The van der Waals surface area contributed by atoms with Gasteiger partial charge in [-0.3, -0.25) is 9.78 Å². The Labute approximate surface area is 163 Å². The molecule has 1 heterocycles. The number of aromatic nitrogens is 1. The predicted octanol–water partition coefficient (Wildman–Crippen LogP) is 5.01. The molecule has 0 saturated carbocycles. The van der Waals surface area contributed by atoms with Crippen LogP contribution >= 0.6 is 0 Å². The molecule has 3 nitrogen and oxygen atoms in total. The summed E-state index contributed by atoms with van der Waals surface area (Å²) in [4.78, 5) is 13.8. The number of benzene rings is 2. The normalized spacial score (nSPS) is 10.5. The van der Waals surface area contributed by atoms with Crippen molar-refractivity contribution in [2.24, 2.45) is 0 Å². The molecule has 1 N–H and O–H groups in total. The van der Waals surface area contributed by atoms with Crippen LogP contribution < -0.4 is 0 Å². The zero-order valence-electron chi connectivity index (χ0n) is 14.1. The first-order chi connectivity index (χ1) is 11.9. The molecular weight excluding hydrogens is 516 g/mol. The number of rotatable bonds is 2. The Morgan fingerprint density at radius 2 is 1.88 bits per heavy atom. The standard InChI is InChI=1S/C15H8F2N.C5H8O2.Ir/c16-11-8-14(17)15(18-9-11)13-7-3-5-10-4-1-2-6-12(10)13;1-4(6)3-5(2)7;/h1-5,7-9H;3,6H,1-2H3;/q-1;;/b;4-3-;. The van der Waals surface area contributed by atoms with E-state index in [2.05, 4.69) is 11.1 Å². The number of allylic oxidation sites excluding steroid dienone is 2. The van der Waals surface area contributed by atoms with Crippen LogP contribution in [0.1, 0.15) is 13.8 Å². The number of pyridine rings is 1. The van der Waals surface area contributed by atoms with Crippen LogP contribution in [0.3, 0.4) is 0 Å². The number of aliphatic hydroxyl groups is 1. The SMILES string of the molecule is CC(=O)/C=C(/C)O.Fc1cnc(-c2cccc3ccc[c-]c23)c(F)c1.[Ir]. The van der Waals surface area contributed by atoms with E-state index in [4.69, 9.17) is 5.11 Å². The number of carbonyl (C=O) groups is 1. The average molecular weight is 533 g/mol. The summed E-state index contributed by atoms with van der Waals surface area (Å²) in [5.74, 6) is -1.41. The molecule has 1 radical (unpaired) electrons. The molecule has 1 aromatic heterocycles. The molecule has 0 atom stereocenters. The topological polar surface area (TPSA) is 50.2 Å². The first kappa shape index (κ1) is 21.6. The van der Waals surface area contributed by atoms with Crippen LogP contribution in [0.15, 0.2) is 60.5 Å². The van der Waals surface area contributed by atoms with Gasteiger partial charge in [0, 0.05) is 32.2 Å². The number of nitrogens with zero attached hydrogens (tertiary/aromatic N) is 1. The zero-order chi connectivity index (χ0) is 18.4. The molecule has 0 aliphatic rings. The first-order valence-electron chi connectivity index (χ1n) is 7.47. The second-order valence-electron chi connectivity index (χ2n) is 5.32. The quantitative estimate of drug-likeness (QED) is 0.287. The summed E-state index contributed by atoms with van der Waals surface area (Å²) in [6, 6.07) is 14.9. The van der Waals surface area contributed by atoms with Crippen molar-refractivity contribution in [3.63, 3.8) is 0 Å². The van der Waals surface area contributed by atoms with Crippen molar-refractivity contribution in [1.29, 1.82) is 0 Å². The van der Waals surface area contributed by atoms with Crippen LogP contribution in [0.25, 0.3) is 22.0 Å². The van der Waals surface area contributed by atoms with Gasteiger partial charge in [-0.05, 0) is 13.8 Å². The fourth-order valence-corrected chi connectivity index (χ4v) is 2.26. The van der Waals surface area contributed by atoms with Crippen molar-refractivity contribution in [3.8, 4) is 11.3 Å². The average Bonchev–Trinajstić information content (AvgIpc) is 2.54. The number of halogens is 2. The third-order valence-corrected chi connectivity index (χ3v) is 3.17. The molecule has 0 unspecified atom stereocenters. The van der Waals surface area contributed by atoms with E-state index in [0.29, 0.717) is 5.56 Å². The van der Waals surface area contributed by atoms with E-state index in [1.807, 2.05) is 24.3 Å². The molecule has 2 aromatic carbocycles. The van der Waals surface area contributed by atoms with E-state index in [1.54, 1.807) is 12.1 Å². The summed E-state index contributed by atoms with van der Waals surface area (Å²) in [6.45, 7) is 2.85. The van der Waals surface area contributed by atoms with E-state index < -0.39 is 11.6 Å². The monoisotopic (exact) mass is 533 g/mol. The summed E-state index contributed by atoms with van der Waals surface area (Å²) in [6.07, 6.45) is 2.18. The van der Waals surface area contributed by atoms with Gasteiger partial charge in [-0.2, -0.15) is 0 Å². The molecule has 3 aromatic rings. The minimum Gasteiger partial charge on any atom is -0.512 e. The fourth-order valence-electron chi connectivity index (χ4n) is 2.26. The summed E-state index contributed by atoms with van der Waals surface area (Å²) < 4.78 is 26.6. The van der Waals surface area contributed by atoms with Crippen molar-refractivity contribution >= 4 is 16.6 Å². The summed E-state index contributed by atoms with van der Waals surface area (Å²) in [5.41, 5.74) is 0.759. The summed E-state index contributed by atoms with van der Waals surface area (Å²) in [7, 11) is 0. The van der Waals surface area contributed by atoms with Crippen molar-refractivity contribution in [2.75, 3.05) is 0 Å². The molecule has 6 heteroatoms. The van der Waals surface area contributed by atoms with Gasteiger partial charge in [-0.15, -0.1) is 35.0 Å². The van der Waals surface area contributed by atoms with Crippen LogP contribution in [0, 0.1) is 17.7 Å². The van der Waals surface area contributed by atoms with E-state index in [-0.39, 0.29) is 37.3 Å². The largest absolute Gasteiger partial charge is 0.512 e. The Morgan fingerprint density at radius 3 is 2.46 bits per heavy atom. The third kappa shape index (κ3) is 5.83. The van der Waals surface area contributed by atoms with Gasteiger partial charge >= 0.3 is 0 Å². The number of hydrogen-bond donors (Lipinski definition) is 1. The zero-order valence-corrected chi connectivity index (χ0v) is 16.5. The molecule has 3 rings (SSSR count). The van der Waals surface area contributed by atoms with Crippen LogP contribution in [-0.4, -0.2) is 15.9 Å². The second kappa shape index (κ2) is 9.90. The summed E-state index contributed by atoms with van der Waals surface area (Å²) in [5, 5.41) is 10.1. The van der Waals surface area contributed by atoms with Crippen molar-refractivity contribution in [2.45, 2.75) is 13.8 Å². The smallest absolute Gasteiger partial charge is 0.155 e. The Kier molecular flexibility index (Phi) is 8.23. The minimum atomic E-state index is -0.680. The van der Waals surface area contributed by atoms with Crippen LogP contribution in [0.5, 0.6) is 0 Å². The molecule has 0 amide bonds. The molecule has 0 aliphatic heterocycles. The number of aliphatic hydroxyl groups excluding tert-OH is 1. The predicted molar refractivity (Wildman–Crippen MR) is 93.0 cm³/mol. The molecule has 137 valence electrons. The maximum absolute atomic E-state index is 13.7. The number of fused-ring (bicyclic) bond motifs is 1. The minimum absolute atomic E-state index is 0. The first-order valence-corrected chi connectivity index (χ1v) is 7.47. The number of hydrogen-bond acceptors (Lipinski definition) is 3. The van der Waals surface area contributed by atoms with Crippen molar-refractivity contribution in [3.05, 3.63) is 78.2 Å².